The second-order valence-electron chi connectivity index (χ2n) is 6.83. The molecule has 0 saturated heterocycles. The molecule has 0 aliphatic heterocycles. The lowest BCUT2D eigenvalue weighted by Gasteiger charge is -2.22. The Labute approximate surface area is 170 Å². The number of benzene rings is 2. The normalized spacial score (nSPS) is 11.4. The first-order chi connectivity index (χ1) is 13.4. The van der Waals surface area contributed by atoms with Crippen LogP contribution in [0.15, 0.2) is 59.6 Å². The molecule has 3 aromatic rings. The van der Waals surface area contributed by atoms with Crippen LogP contribution >= 0.6 is 11.8 Å². The standard InChI is InChI=1S/C23H25NO3S/c1-5-26-18-9-7-8-16(14-18)17-10-11-20-19(15-17)21(12-13-24-20)28-23(3,4)22(25)27-6-2/h7-15H,5-6H2,1-4H3. The van der Waals surface area contributed by atoms with E-state index in [1.54, 1.807) is 6.20 Å². The minimum Gasteiger partial charge on any atom is -0.494 e. The van der Waals surface area contributed by atoms with Gasteiger partial charge in [0.25, 0.3) is 0 Å². The van der Waals surface area contributed by atoms with Gasteiger partial charge in [-0.2, -0.15) is 0 Å². The zero-order valence-corrected chi connectivity index (χ0v) is 17.5. The first kappa shape index (κ1) is 20.2. The average molecular weight is 396 g/mol. The molecule has 0 bridgehead atoms. The molecule has 0 fully saturated rings. The summed E-state index contributed by atoms with van der Waals surface area (Å²) in [7, 11) is 0. The summed E-state index contributed by atoms with van der Waals surface area (Å²) in [6, 6.07) is 16.2. The van der Waals surface area contributed by atoms with Gasteiger partial charge < -0.3 is 9.47 Å². The molecular weight excluding hydrogens is 370 g/mol. The Morgan fingerprint density at radius 2 is 1.82 bits per heavy atom. The lowest BCUT2D eigenvalue weighted by atomic mass is 10.0. The van der Waals surface area contributed by atoms with Gasteiger partial charge in [-0.25, -0.2) is 0 Å². The molecule has 146 valence electrons. The molecule has 0 spiro atoms. The summed E-state index contributed by atoms with van der Waals surface area (Å²) in [6.07, 6.45) is 1.78. The Hall–Kier alpha value is -2.53. The molecule has 5 heteroatoms. The Morgan fingerprint density at radius 3 is 2.57 bits per heavy atom. The molecule has 1 heterocycles. The number of hydrogen-bond acceptors (Lipinski definition) is 5. The fourth-order valence-electron chi connectivity index (χ4n) is 2.94. The lowest BCUT2D eigenvalue weighted by molar-refractivity contribution is -0.145. The molecule has 3 rings (SSSR count). The van der Waals surface area contributed by atoms with Crippen LogP contribution in [0, 0.1) is 0 Å². The van der Waals surface area contributed by atoms with Crippen molar-refractivity contribution in [1.29, 1.82) is 0 Å². The summed E-state index contributed by atoms with van der Waals surface area (Å²) in [5.41, 5.74) is 3.06. The van der Waals surface area contributed by atoms with Crippen molar-refractivity contribution < 1.29 is 14.3 Å². The van der Waals surface area contributed by atoms with E-state index in [0.29, 0.717) is 13.2 Å². The highest BCUT2D eigenvalue weighted by molar-refractivity contribution is 8.01. The maximum Gasteiger partial charge on any atom is 0.321 e. The first-order valence-electron chi connectivity index (χ1n) is 9.43. The summed E-state index contributed by atoms with van der Waals surface area (Å²) in [5, 5.41) is 1.02. The van der Waals surface area contributed by atoms with Gasteiger partial charge in [-0.1, -0.05) is 18.2 Å². The predicted molar refractivity (Wildman–Crippen MR) is 115 cm³/mol. The Morgan fingerprint density at radius 1 is 1.04 bits per heavy atom. The summed E-state index contributed by atoms with van der Waals surface area (Å²) in [5.74, 6) is 0.634. The molecule has 0 saturated carbocycles. The minimum atomic E-state index is -0.685. The fraction of sp³-hybridized carbons (Fsp3) is 0.304. The van der Waals surface area contributed by atoms with Gasteiger partial charge >= 0.3 is 5.97 Å². The van der Waals surface area contributed by atoms with Crippen LogP contribution in [0.4, 0.5) is 0 Å². The van der Waals surface area contributed by atoms with E-state index < -0.39 is 4.75 Å². The summed E-state index contributed by atoms with van der Waals surface area (Å²) < 4.78 is 10.2. The van der Waals surface area contributed by atoms with Crippen molar-refractivity contribution in [2.24, 2.45) is 0 Å². The van der Waals surface area contributed by atoms with E-state index >= 15 is 0 Å². The zero-order chi connectivity index (χ0) is 20.1. The lowest BCUT2D eigenvalue weighted by Crippen LogP contribution is -2.29. The van der Waals surface area contributed by atoms with Crippen LogP contribution in [0.1, 0.15) is 27.7 Å². The van der Waals surface area contributed by atoms with E-state index in [1.807, 2.05) is 58.0 Å². The van der Waals surface area contributed by atoms with Crippen molar-refractivity contribution in [3.8, 4) is 16.9 Å². The second kappa shape index (κ2) is 8.65. The quantitative estimate of drug-likeness (QED) is 0.377. The molecule has 0 N–H and O–H groups in total. The van der Waals surface area contributed by atoms with E-state index in [-0.39, 0.29) is 5.97 Å². The number of fused-ring (bicyclic) bond motifs is 1. The van der Waals surface area contributed by atoms with Gasteiger partial charge in [0.1, 0.15) is 10.5 Å². The molecule has 0 aliphatic carbocycles. The number of ether oxygens (including phenoxy) is 2. The number of rotatable bonds is 7. The SMILES string of the molecule is CCOC(=O)C(C)(C)Sc1ccnc2ccc(-c3cccc(OCC)c3)cc12. The maximum atomic E-state index is 12.3. The van der Waals surface area contributed by atoms with Crippen molar-refractivity contribution in [2.75, 3.05) is 13.2 Å². The monoisotopic (exact) mass is 395 g/mol. The van der Waals surface area contributed by atoms with E-state index in [1.165, 1.54) is 11.8 Å². The van der Waals surface area contributed by atoms with Gasteiger partial charge in [-0.15, -0.1) is 11.8 Å². The third-order valence-electron chi connectivity index (χ3n) is 4.31. The molecule has 2 aromatic carbocycles. The van der Waals surface area contributed by atoms with Crippen LogP contribution in [0.3, 0.4) is 0 Å². The van der Waals surface area contributed by atoms with Gasteiger partial charge in [0.15, 0.2) is 0 Å². The number of hydrogen-bond donors (Lipinski definition) is 0. The Bertz CT molecular complexity index is 984. The Kier molecular flexibility index (Phi) is 6.25. The van der Waals surface area contributed by atoms with Crippen molar-refractivity contribution in [3.05, 3.63) is 54.7 Å². The summed E-state index contributed by atoms with van der Waals surface area (Å²) in [6.45, 7) is 8.58. The number of aromatic nitrogens is 1. The van der Waals surface area contributed by atoms with E-state index in [9.17, 15) is 4.79 Å². The molecule has 0 radical (unpaired) electrons. The van der Waals surface area contributed by atoms with Crippen LogP contribution in [-0.4, -0.2) is 28.9 Å². The van der Waals surface area contributed by atoms with Crippen molar-refractivity contribution >= 4 is 28.6 Å². The predicted octanol–water partition coefficient (Wildman–Crippen LogP) is 5.73. The molecule has 0 unspecified atom stereocenters. The highest BCUT2D eigenvalue weighted by Gasteiger charge is 2.31. The number of pyridine rings is 1. The van der Waals surface area contributed by atoms with Crippen molar-refractivity contribution in [3.63, 3.8) is 0 Å². The topological polar surface area (TPSA) is 48.4 Å². The largest absolute Gasteiger partial charge is 0.494 e. The fourth-order valence-corrected chi connectivity index (χ4v) is 4.04. The van der Waals surface area contributed by atoms with Gasteiger partial charge in [0.05, 0.1) is 18.7 Å². The number of carbonyl (C=O) groups is 1. The van der Waals surface area contributed by atoms with Crippen LogP contribution in [0.25, 0.3) is 22.0 Å². The molecule has 4 nitrogen and oxygen atoms in total. The maximum absolute atomic E-state index is 12.3. The third-order valence-corrected chi connectivity index (χ3v) is 5.56. The molecule has 0 atom stereocenters. The first-order valence-corrected chi connectivity index (χ1v) is 10.2. The number of nitrogens with zero attached hydrogens (tertiary/aromatic N) is 1. The van der Waals surface area contributed by atoms with E-state index in [2.05, 4.69) is 23.2 Å². The molecule has 28 heavy (non-hydrogen) atoms. The molecule has 0 aliphatic rings. The van der Waals surface area contributed by atoms with Crippen LogP contribution in [0.2, 0.25) is 0 Å². The van der Waals surface area contributed by atoms with E-state index in [0.717, 1.165) is 32.7 Å². The minimum absolute atomic E-state index is 0.217. The number of thioether (sulfide) groups is 1. The van der Waals surface area contributed by atoms with Crippen LogP contribution in [0.5, 0.6) is 5.75 Å². The highest BCUT2D eigenvalue weighted by Crippen LogP contribution is 2.38. The molecule has 1 aromatic heterocycles. The van der Waals surface area contributed by atoms with Gasteiger partial charge in [-0.05, 0) is 69.2 Å². The van der Waals surface area contributed by atoms with Gasteiger partial charge in [-0.3, -0.25) is 9.78 Å². The molecule has 0 amide bonds. The second-order valence-corrected chi connectivity index (χ2v) is 8.50. The highest BCUT2D eigenvalue weighted by atomic mass is 32.2. The molecular formula is C23H25NO3S. The van der Waals surface area contributed by atoms with E-state index in [4.69, 9.17) is 9.47 Å². The van der Waals surface area contributed by atoms with Crippen molar-refractivity contribution in [1.82, 2.24) is 4.98 Å². The van der Waals surface area contributed by atoms with Crippen molar-refractivity contribution in [2.45, 2.75) is 37.3 Å². The Balaban J connectivity index is 2.00. The third kappa shape index (κ3) is 4.47. The summed E-state index contributed by atoms with van der Waals surface area (Å²) in [4.78, 5) is 17.8. The van der Waals surface area contributed by atoms with Crippen LogP contribution < -0.4 is 4.74 Å². The van der Waals surface area contributed by atoms with Gasteiger partial charge in [0.2, 0.25) is 0 Å². The average Bonchev–Trinajstić information content (AvgIpc) is 2.68. The number of esters is 1. The zero-order valence-electron chi connectivity index (χ0n) is 16.7. The summed E-state index contributed by atoms with van der Waals surface area (Å²) >= 11 is 1.50. The van der Waals surface area contributed by atoms with Gasteiger partial charge in [0, 0.05) is 16.5 Å². The van der Waals surface area contributed by atoms with Crippen LogP contribution in [-0.2, 0) is 9.53 Å². The smallest absolute Gasteiger partial charge is 0.321 e. The number of carbonyl (C=O) groups excluding carboxylic acids is 1.